The Kier molecular flexibility index (Phi) is 9.94. The first-order valence-electron chi connectivity index (χ1n) is 13.9. The lowest BCUT2D eigenvalue weighted by Crippen LogP contribution is -2.39. The Morgan fingerprint density at radius 1 is 1.07 bits per heavy atom. The van der Waals surface area contributed by atoms with Crippen molar-refractivity contribution >= 4 is 63.9 Å². The van der Waals surface area contributed by atoms with Gasteiger partial charge in [0.1, 0.15) is 12.4 Å². The van der Waals surface area contributed by atoms with E-state index in [4.69, 9.17) is 49.0 Å². The molecule has 0 radical (unpaired) electrons. The van der Waals surface area contributed by atoms with Gasteiger partial charge >= 0.3 is 5.97 Å². The number of hydrogen-bond donors (Lipinski definition) is 0. The molecule has 0 amide bonds. The fourth-order valence-electron chi connectivity index (χ4n) is 5.03. The molecule has 1 aliphatic rings. The van der Waals surface area contributed by atoms with Gasteiger partial charge in [0, 0.05) is 30.4 Å². The normalized spacial score (nSPS) is 14.6. The van der Waals surface area contributed by atoms with Crippen molar-refractivity contribution in [2.24, 2.45) is 4.99 Å². The summed E-state index contributed by atoms with van der Waals surface area (Å²) >= 11 is 19.9. The third-order valence-electron chi connectivity index (χ3n) is 7.18. The quantitative estimate of drug-likeness (QED) is 0.189. The fraction of sp³-hybridized carbons (Fsp3) is 0.242. The van der Waals surface area contributed by atoms with Crippen LogP contribution in [0, 0.1) is 0 Å². The molecule has 1 unspecified atom stereocenters. The summed E-state index contributed by atoms with van der Waals surface area (Å²) in [5.74, 6) is 0.385. The SMILES string of the molecule is CCOC(=O)C1=C(C)N=c2s/c(=C\c3ccc(OC)c(COc4c(Cl)cc(Cl)cc4Cl)c3)c(=O)n2C1c1ccc(N(C)C)cc1. The highest BCUT2D eigenvalue weighted by atomic mass is 35.5. The first-order valence-corrected chi connectivity index (χ1v) is 15.9. The van der Waals surface area contributed by atoms with E-state index in [0.717, 1.165) is 16.8 Å². The average molecular weight is 687 g/mol. The van der Waals surface area contributed by atoms with E-state index < -0.39 is 12.0 Å². The summed E-state index contributed by atoms with van der Waals surface area (Å²) in [6.07, 6.45) is 1.78. The predicted octanol–water partition coefficient (Wildman–Crippen LogP) is 6.41. The molecular weight excluding hydrogens is 657 g/mol. The van der Waals surface area contributed by atoms with Gasteiger partial charge in [-0.25, -0.2) is 9.79 Å². The van der Waals surface area contributed by atoms with E-state index >= 15 is 0 Å². The molecular formula is C33H30Cl3N3O5S. The Morgan fingerprint density at radius 2 is 1.76 bits per heavy atom. The molecule has 0 aliphatic carbocycles. The maximum atomic E-state index is 14.0. The van der Waals surface area contributed by atoms with Gasteiger partial charge in [0.25, 0.3) is 5.56 Å². The van der Waals surface area contributed by atoms with Gasteiger partial charge < -0.3 is 19.1 Å². The van der Waals surface area contributed by atoms with Crippen molar-refractivity contribution in [3.05, 3.63) is 117 Å². The highest BCUT2D eigenvalue weighted by molar-refractivity contribution is 7.07. The number of carbonyl (C=O) groups excluding carboxylic acids is 1. The second kappa shape index (κ2) is 13.7. The number of rotatable bonds is 9. The first kappa shape index (κ1) is 32.6. The largest absolute Gasteiger partial charge is 0.496 e. The second-order valence-electron chi connectivity index (χ2n) is 10.3. The Morgan fingerprint density at radius 3 is 2.38 bits per heavy atom. The standard InChI is InChI=1S/C33H30Cl3N3O5S/c1-6-43-32(41)28-18(2)37-33-39(29(28)20-8-10-23(11-9-20)38(3)4)31(40)27(45-33)14-19-7-12-26(42-5)21(13-19)17-44-30-24(35)15-22(34)16-25(30)36/h7-16,29H,6,17H2,1-5H3/b27-14-. The lowest BCUT2D eigenvalue weighted by Gasteiger charge is -2.25. The van der Waals surface area contributed by atoms with Crippen LogP contribution in [-0.4, -0.2) is 38.3 Å². The Balaban J connectivity index is 1.57. The van der Waals surface area contributed by atoms with Crippen LogP contribution in [0.15, 0.2) is 75.7 Å². The van der Waals surface area contributed by atoms with Crippen molar-refractivity contribution in [2.75, 3.05) is 32.7 Å². The number of allylic oxidation sites excluding steroid dienone is 1. The molecule has 0 saturated heterocycles. The van der Waals surface area contributed by atoms with Crippen LogP contribution in [0.3, 0.4) is 0 Å². The molecule has 0 saturated carbocycles. The van der Waals surface area contributed by atoms with Gasteiger partial charge in [-0.3, -0.25) is 9.36 Å². The molecule has 12 heteroatoms. The van der Waals surface area contributed by atoms with E-state index in [1.807, 2.05) is 55.4 Å². The number of carbonyl (C=O) groups is 1. The summed E-state index contributed by atoms with van der Waals surface area (Å²) in [7, 11) is 5.46. The zero-order valence-corrected chi connectivity index (χ0v) is 28.3. The Labute approximate surface area is 279 Å². The number of aromatic nitrogens is 1. The van der Waals surface area contributed by atoms with Crippen LogP contribution in [0.5, 0.6) is 11.5 Å². The third-order valence-corrected chi connectivity index (χ3v) is 8.94. The lowest BCUT2D eigenvalue weighted by molar-refractivity contribution is -0.139. The number of anilines is 1. The van der Waals surface area contributed by atoms with Crippen molar-refractivity contribution in [3.63, 3.8) is 0 Å². The smallest absolute Gasteiger partial charge is 0.338 e. The molecule has 3 aromatic carbocycles. The summed E-state index contributed by atoms with van der Waals surface area (Å²) in [6.45, 7) is 3.81. The van der Waals surface area contributed by atoms with Gasteiger partial charge in [0.15, 0.2) is 10.6 Å². The van der Waals surface area contributed by atoms with Gasteiger partial charge in [-0.1, -0.05) is 64.3 Å². The van der Waals surface area contributed by atoms with Crippen LogP contribution in [0.4, 0.5) is 5.69 Å². The molecule has 1 aliphatic heterocycles. The average Bonchev–Trinajstić information content (AvgIpc) is 3.29. The van der Waals surface area contributed by atoms with E-state index in [1.165, 1.54) is 11.3 Å². The summed E-state index contributed by atoms with van der Waals surface area (Å²) in [5, 5.41) is 0.968. The zero-order chi connectivity index (χ0) is 32.4. The van der Waals surface area contributed by atoms with E-state index in [-0.39, 0.29) is 28.8 Å². The fourth-order valence-corrected chi connectivity index (χ4v) is 7.00. The highest BCUT2D eigenvalue weighted by Gasteiger charge is 2.33. The van der Waals surface area contributed by atoms with Crippen molar-refractivity contribution in [1.82, 2.24) is 4.57 Å². The Bertz CT molecular complexity index is 1960. The third kappa shape index (κ3) is 6.77. The van der Waals surface area contributed by atoms with Crippen LogP contribution in [-0.2, 0) is 16.1 Å². The second-order valence-corrected chi connectivity index (χ2v) is 12.6. The van der Waals surface area contributed by atoms with Crippen LogP contribution in [0.2, 0.25) is 15.1 Å². The van der Waals surface area contributed by atoms with Crippen LogP contribution < -0.4 is 29.3 Å². The molecule has 4 aromatic rings. The number of benzene rings is 3. The van der Waals surface area contributed by atoms with Gasteiger partial charge in [0.05, 0.1) is 45.6 Å². The van der Waals surface area contributed by atoms with E-state index in [9.17, 15) is 9.59 Å². The van der Waals surface area contributed by atoms with Gasteiger partial charge in [-0.15, -0.1) is 0 Å². The minimum atomic E-state index is -0.702. The zero-order valence-electron chi connectivity index (χ0n) is 25.2. The molecule has 8 nitrogen and oxygen atoms in total. The minimum absolute atomic E-state index is 0.0955. The Hall–Kier alpha value is -3.76. The molecule has 45 heavy (non-hydrogen) atoms. The van der Waals surface area contributed by atoms with Gasteiger partial charge in [0.2, 0.25) is 0 Å². The van der Waals surface area contributed by atoms with Crippen molar-refractivity contribution in [2.45, 2.75) is 26.5 Å². The summed E-state index contributed by atoms with van der Waals surface area (Å²) in [4.78, 5) is 34.4. The molecule has 0 spiro atoms. The summed E-state index contributed by atoms with van der Waals surface area (Å²) in [5.41, 5.74) is 3.77. The highest BCUT2D eigenvalue weighted by Crippen LogP contribution is 2.37. The molecule has 0 fully saturated rings. The van der Waals surface area contributed by atoms with Crippen molar-refractivity contribution < 1.29 is 19.0 Å². The van der Waals surface area contributed by atoms with E-state index in [0.29, 0.717) is 42.7 Å². The van der Waals surface area contributed by atoms with Gasteiger partial charge in [-0.05, 0) is 67.4 Å². The maximum Gasteiger partial charge on any atom is 0.338 e. The number of hydrogen-bond acceptors (Lipinski definition) is 8. The first-order chi connectivity index (χ1) is 21.5. The summed E-state index contributed by atoms with van der Waals surface area (Å²) in [6, 6.07) is 15.7. The number of thiazole rings is 1. The number of esters is 1. The molecule has 0 bridgehead atoms. The maximum absolute atomic E-state index is 14.0. The number of methoxy groups -OCH3 is 1. The topological polar surface area (TPSA) is 82.4 Å². The van der Waals surface area contributed by atoms with Crippen LogP contribution in [0.25, 0.3) is 6.08 Å². The minimum Gasteiger partial charge on any atom is -0.496 e. The molecule has 2 heterocycles. The number of ether oxygens (including phenoxy) is 3. The lowest BCUT2D eigenvalue weighted by atomic mass is 9.95. The number of fused-ring (bicyclic) bond motifs is 1. The van der Waals surface area contributed by atoms with Crippen molar-refractivity contribution in [1.29, 1.82) is 0 Å². The molecule has 1 atom stereocenters. The predicted molar refractivity (Wildman–Crippen MR) is 180 cm³/mol. The number of halogens is 3. The van der Waals surface area contributed by atoms with Gasteiger partial charge in [-0.2, -0.15) is 0 Å². The van der Waals surface area contributed by atoms with E-state index in [2.05, 4.69) is 4.99 Å². The summed E-state index contributed by atoms with van der Waals surface area (Å²) < 4.78 is 18.9. The van der Waals surface area contributed by atoms with Crippen LogP contribution >= 0.6 is 46.1 Å². The van der Waals surface area contributed by atoms with E-state index in [1.54, 1.807) is 49.8 Å². The molecule has 234 valence electrons. The van der Waals surface area contributed by atoms with Crippen molar-refractivity contribution in [3.8, 4) is 11.5 Å². The number of nitrogens with zero attached hydrogens (tertiary/aromatic N) is 3. The molecule has 5 rings (SSSR count). The molecule has 0 N–H and O–H groups in total. The monoisotopic (exact) mass is 685 g/mol. The van der Waals surface area contributed by atoms with Crippen LogP contribution in [0.1, 0.15) is 36.6 Å². The molecule has 1 aromatic heterocycles.